The van der Waals surface area contributed by atoms with Gasteiger partial charge in [-0.25, -0.2) is 4.79 Å². The lowest BCUT2D eigenvalue weighted by Crippen LogP contribution is -2.01. The Kier molecular flexibility index (Phi) is 2.83. The first-order valence-electron chi connectivity index (χ1n) is 4.49. The lowest BCUT2D eigenvalue weighted by molar-refractivity contribution is 0.0697. The van der Waals surface area contributed by atoms with Crippen molar-refractivity contribution in [3.63, 3.8) is 0 Å². The number of carbonyl (C=O) groups is 1. The Morgan fingerprint density at radius 1 is 1.12 bits per heavy atom. The highest BCUT2D eigenvalue weighted by Gasteiger charge is 2.13. The first kappa shape index (κ1) is 10.6. The largest absolute Gasteiger partial charge is 0.478 e. The molecule has 1 heterocycles. The van der Waals surface area contributed by atoms with E-state index < -0.39 is 5.97 Å². The van der Waals surface area contributed by atoms with E-state index in [1.54, 1.807) is 24.3 Å². The fraction of sp³-hybridized carbons (Fsp3) is 0. The number of carboxylic acids is 1. The highest BCUT2D eigenvalue weighted by atomic mass is 35.5. The van der Waals surface area contributed by atoms with Crippen molar-refractivity contribution >= 4 is 17.6 Å². The van der Waals surface area contributed by atoms with Crippen LogP contribution in [0.5, 0.6) is 0 Å². The van der Waals surface area contributed by atoms with E-state index in [2.05, 4.69) is 10.2 Å². The number of carboxylic acid groups (broad SMARTS) is 1. The topological polar surface area (TPSA) is 63.1 Å². The van der Waals surface area contributed by atoms with Gasteiger partial charge in [0.1, 0.15) is 0 Å². The Labute approximate surface area is 96.5 Å². The van der Waals surface area contributed by atoms with Crippen molar-refractivity contribution in [2.75, 3.05) is 0 Å². The summed E-state index contributed by atoms with van der Waals surface area (Å²) in [7, 11) is 0. The quantitative estimate of drug-likeness (QED) is 0.867. The second-order valence-corrected chi connectivity index (χ2v) is 3.51. The number of halogens is 1. The Balaban J connectivity index is 2.65. The maximum atomic E-state index is 11.0. The number of hydrogen-bond donors (Lipinski definition) is 1. The molecule has 0 aliphatic rings. The van der Waals surface area contributed by atoms with Gasteiger partial charge in [-0.15, -0.1) is 0 Å². The number of hydrogen-bond acceptors (Lipinski definition) is 3. The van der Waals surface area contributed by atoms with Crippen molar-refractivity contribution in [3.05, 3.63) is 47.2 Å². The zero-order valence-corrected chi connectivity index (χ0v) is 8.85. The van der Waals surface area contributed by atoms with Gasteiger partial charge >= 0.3 is 5.97 Å². The van der Waals surface area contributed by atoms with Crippen molar-refractivity contribution < 1.29 is 9.90 Å². The van der Waals surface area contributed by atoms with Crippen molar-refractivity contribution in [3.8, 4) is 11.1 Å². The summed E-state index contributed by atoms with van der Waals surface area (Å²) in [6.45, 7) is 0. The van der Waals surface area contributed by atoms with Crippen LogP contribution < -0.4 is 0 Å². The van der Waals surface area contributed by atoms with Crippen molar-refractivity contribution in [2.45, 2.75) is 0 Å². The zero-order valence-electron chi connectivity index (χ0n) is 8.09. The van der Waals surface area contributed by atoms with Crippen LogP contribution in [0.15, 0.2) is 36.7 Å². The molecule has 0 bridgehead atoms. The highest BCUT2D eigenvalue weighted by Crippen LogP contribution is 2.29. The molecule has 80 valence electrons. The van der Waals surface area contributed by atoms with Gasteiger partial charge in [-0.3, -0.25) is 0 Å². The smallest absolute Gasteiger partial charge is 0.338 e. The molecule has 0 aliphatic carbocycles. The summed E-state index contributed by atoms with van der Waals surface area (Å²) in [4.78, 5) is 11.0. The summed E-state index contributed by atoms with van der Waals surface area (Å²) < 4.78 is 0. The van der Waals surface area contributed by atoms with E-state index in [1.807, 2.05) is 0 Å². The van der Waals surface area contributed by atoms with Crippen LogP contribution in [-0.2, 0) is 0 Å². The SMILES string of the molecule is O=C(O)c1cnncc1-c1ccccc1Cl. The molecule has 0 spiro atoms. The molecule has 2 rings (SSSR count). The van der Waals surface area contributed by atoms with Crippen LogP contribution in [-0.4, -0.2) is 21.3 Å². The normalized spacial score (nSPS) is 10.1. The van der Waals surface area contributed by atoms with Crippen LogP contribution >= 0.6 is 11.6 Å². The molecule has 2 aromatic rings. The standard InChI is InChI=1S/C11H7ClN2O2/c12-10-4-2-1-3-7(10)8-5-13-14-6-9(8)11(15)16/h1-6H,(H,15,16). The van der Waals surface area contributed by atoms with E-state index in [0.717, 1.165) is 0 Å². The van der Waals surface area contributed by atoms with Gasteiger partial charge in [0.05, 0.1) is 18.0 Å². The Morgan fingerprint density at radius 2 is 1.81 bits per heavy atom. The molecular formula is C11H7ClN2O2. The molecule has 4 nitrogen and oxygen atoms in total. The minimum atomic E-state index is -1.05. The maximum absolute atomic E-state index is 11.0. The van der Waals surface area contributed by atoms with Crippen LogP contribution in [0.25, 0.3) is 11.1 Å². The number of aromatic nitrogens is 2. The lowest BCUT2D eigenvalue weighted by atomic mass is 10.0. The first-order chi connectivity index (χ1) is 7.70. The summed E-state index contributed by atoms with van der Waals surface area (Å²) >= 11 is 5.99. The van der Waals surface area contributed by atoms with Gasteiger partial charge in [-0.05, 0) is 6.07 Å². The van der Waals surface area contributed by atoms with Crippen molar-refractivity contribution in [2.24, 2.45) is 0 Å². The average Bonchev–Trinajstić information content (AvgIpc) is 2.29. The van der Waals surface area contributed by atoms with E-state index in [1.165, 1.54) is 12.4 Å². The summed E-state index contributed by atoms with van der Waals surface area (Å²) in [5, 5.41) is 16.7. The fourth-order valence-electron chi connectivity index (χ4n) is 1.39. The third-order valence-corrected chi connectivity index (χ3v) is 2.45. The number of nitrogens with zero attached hydrogens (tertiary/aromatic N) is 2. The average molecular weight is 235 g/mol. The molecule has 0 atom stereocenters. The van der Waals surface area contributed by atoms with E-state index in [9.17, 15) is 4.79 Å². The third kappa shape index (κ3) is 1.87. The molecule has 0 aliphatic heterocycles. The predicted octanol–water partition coefficient (Wildman–Crippen LogP) is 2.50. The van der Waals surface area contributed by atoms with Gasteiger partial charge in [0.2, 0.25) is 0 Å². The molecule has 0 unspecified atom stereocenters. The summed E-state index contributed by atoms with van der Waals surface area (Å²) in [6, 6.07) is 7.00. The third-order valence-electron chi connectivity index (χ3n) is 2.12. The zero-order chi connectivity index (χ0) is 11.5. The van der Waals surface area contributed by atoms with Crippen LogP contribution in [0.3, 0.4) is 0 Å². The summed E-state index contributed by atoms with van der Waals surface area (Å²) in [6.07, 6.45) is 2.60. The minimum Gasteiger partial charge on any atom is -0.478 e. The molecule has 1 N–H and O–H groups in total. The molecule has 0 radical (unpaired) electrons. The molecule has 16 heavy (non-hydrogen) atoms. The van der Waals surface area contributed by atoms with E-state index in [-0.39, 0.29) is 5.56 Å². The van der Waals surface area contributed by atoms with Gasteiger partial charge in [-0.2, -0.15) is 10.2 Å². The van der Waals surface area contributed by atoms with Gasteiger partial charge < -0.3 is 5.11 Å². The van der Waals surface area contributed by atoms with Gasteiger partial charge in [0.15, 0.2) is 0 Å². The molecule has 0 amide bonds. The fourth-order valence-corrected chi connectivity index (χ4v) is 1.62. The Hall–Kier alpha value is -1.94. The molecule has 0 fully saturated rings. The maximum Gasteiger partial charge on any atom is 0.338 e. The van der Waals surface area contributed by atoms with Crippen molar-refractivity contribution in [1.29, 1.82) is 0 Å². The molecule has 0 saturated carbocycles. The minimum absolute atomic E-state index is 0.0862. The van der Waals surface area contributed by atoms with E-state index >= 15 is 0 Å². The molecular weight excluding hydrogens is 228 g/mol. The molecule has 1 aromatic heterocycles. The Bertz CT molecular complexity index is 543. The number of rotatable bonds is 2. The van der Waals surface area contributed by atoms with Gasteiger partial charge in [-0.1, -0.05) is 29.8 Å². The molecule has 1 aromatic carbocycles. The van der Waals surface area contributed by atoms with E-state index in [4.69, 9.17) is 16.7 Å². The number of aromatic carboxylic acids is 1. The van der Waals surface area contributed by atoms with Crippen LogP contribution in [0, 0.1) is 0 Å². The van der Waals surface area contributed by atoms with Crippen molar-refractivity contribution in [1.82, 2.24) is 10.2 Å². The first-order valence-corrected chi connectivity index (χ1v) is 4.87. The van der Waals surface area contributed by atoms with Crippen LogP contribution in [0.1, 0.15) is 10.4 Å². The van der Waals surface area contributed by atoms with Crippen LogP contribution in [0.4, 0.5) is 0 Å². The van der Waals surface area contributed by atoms with Crippen LogP contribution in [0.2, 0.25) is 5.02 Å². The molecule has 0 saturated heterocycles. The van der Waals surface area contributed by atoms with E-state index in [0.29, 0.717) is 16.1 Å². The molecule has 5 heteroatoms. The highest BCUT2D eigenvalue weighted by molar-refractivity contribution is 6.33. The van der Waals surface area contributed by atoms with Gasteiger partial charge in [0, 0.05) is 16.1 Å². The monoisotopic (exact) mass is 234 g/mol. The summed E-state index contributed by atoms with van der Waals surface area (Å²) in [5.41, 5.74) is 1.19. The second kappa shape index (κ2) is 4.28. The number of benzene rings is 1. The second-order valence-electron chi connectivity index (χ2n) is 3.10. The predicted molar refractivity (Wildman–Crippen MR) is 59.4 cm³/mol. The summed E-state index contributed by atoms with van der Waals surface area (Å²) in [5.74, 6) is -1.05. The lowest BCUT2D eigenvalue weighted by Gasteiger charge is -2.06. The van der Waals surface area contributed by atoms with Gasteiger partial charge in [0.25, 0.3) is 0 Å². The Morgan fingerprint density at radius 3 is 2.50 bits per heavy atom.